The average molecular weight is 573 g/mol. The Balaban J connectivity index is 1.36. The first kappa shape index (κ1) is 26.9. The second-order valence-electron chi connectivity index (χ2n) is 10.5. The molecule has 0 spiro atoms. The summed E-state index contributed by atoms with van der Waals surface area (Å²) in [4.78, 5) is 32.0. The first-order valence-electron chi connectivity index (χ1n) is 14.0. The van der Waals surface area contributed by atoms with E-state index in [1.54, 1.807) is 36.7 Å². The highest BCUT2D eigenvalue weighted by molar-refractivity contribution is 5.87. The molecule has 0 fully saturated rings. The van der Waals surface area contributed by atoms with Crippen LogP contribution in [0, 0.1) is 23.7 Å². The number of carbonyl (C=O) groups excluding carboxylic acids is 2. The molecular formula is C38H24N2O4. The molecule has 3 aliphatic rings. The van der Waals surface area contributed by atoms with Crippen LogP contribution >= 0.6 is 0 Å². The molecule has 3 aliphatic carbocycles. The van der Waals surface area contributed by atoms with Gasteiger partial charge in [-0.25, -0.2) is 19.6 Å². The third-order valence-electron chi connectivity index (χ3n) is 8.08. The molecule has 6 heteroatoms. The zero-order valence-electron chi connectivity index (χ0n) is 23.9. The van der Waals surface area contributed by atoms with Crippen molar-refractivity contribution in [2.75, 3.05) is 14.2 Å². The van der Waals surface area contributed by atoms with E-state index < -0.39 is 11.9 Å². The number of carbonyl (C=O) groups is 2. The van der Waals surface area contributed by atoms with Gasteiger partial charge in [-0.3, -0.25) is 0 Å². The predicted octanol–water partition coefficient (Wildman–Crippen LogP) is 5.84. The predicted molar refractivity (Wildman–Crippen MR) is 164 cm³/mol. The Bertz CT molecular complexity index is 1890. The number of benzene rings is 3. The molecular weight excluding hydrogens is 548 g/mol. The van der Waals surface area contributed by atoms with Crippen molar-refractivity contribution in [3.63, 3.8) is 0 Å². The first-order valence-corrected chi connectivity index (χ1v) is 14.0. The summed E-state index contributed by atoms with van der Waals surface area (Å²) in [5.74, 6) is 12.3. The summed E-state index contributed by atoms with van der Waals surface area (Å²) in [6, 6.07) is 28.4. The molecule has 8 rings (SSSR count). The van der Waals surface area contributed by atoms with Crippen LogP contribution in [-0.2, 0) is 9.47 Å². The zero-order valence-corrected chi connectivity index (χ0v) is 23.9. The Labute approximate surface area is 254 Å². The minimum absolute atomic E-state index is 0.0982. The Morgan fingerprint density at radius 1 is 0.545 bits per heavy atom. The third kappa shape index (κ3) is 4.60. The number of nitrogens with zero attached hydrogens (tertiary/aromatic N) is 2. The van der Waals surface area contributed by atoms with Gasteiger partial charge in [0.2, 0.25) is 0 Å². The SMILES string of the molecule is COC(=O)c1ccc(C#Cc2cc3c(cc2C#Cc2ccc(C(=O)OC)nc2)C2c4ccccc4C3c3ccccc32)cn1. The van der Waals surface area contributed by atoms with Crippen molar-refractivity contribution >= 4 is 11.9 Å². The van der Waals surface area contributed by atoms with Crippen LogP contribution in [0.15, 0.2) is 97.3 Å². The van der Waals surface area contributed by atoms with E-state index in [-0.39, 0.29) is 23.2 Å². The van der Waals surface area contributed by atoms with E-state index in [2.05, 4.69) is 94.3 Å². The van der Waals surface area contributed by atoms with Gasteiger partial charge in [0.25, 0.3) is 0 Å². The van der Waals surface area contributed by atoms with Crippen LogP contribution in [0.4, 0.5) is 0 Å². The van der Waals surface area contributed by atoms with Crippen LogP contribution < -0.4 is 0 Å². The van der Waals surface area contributed by atoms with Crippen molar-refractivity contribution in [3.8, 4) is 23.7 Å². The van der Waals surface area contributed by atoms with Gasteiger partial charge >= 0.3 is 11.9 Å². The topological polar surface area (TPSA) is 78.4 Å². The number of aromatic nitrogens is 2. The molecule has 0 unspecified atom stereocenters. The van der Waals surface area contributed by atoms with Gasteiger partial charge in [-0.05, 0) is 69.8 Å². The lowest BCUT2D eigenvalue weighted by Gasteiger charge is -2.42. The molecule has 0 amide bonds. The number of methoxy groups -OCH3 is 2. The van der Waals surface area contributed by atoms with Crippen molar-refractivity contribution in [2.45, 2.75) is 11.8 Å². The molecule has 0 N–H and O–H groups in total. The van der Waals surface area contributed by atoms with E-state index >= 15 is 0 Å². The molecule has 210 valence electrons. The average Bonchev–Trinajstić information content (AvgIpc) is 3.09. The van der Waals surface area contributed by atoms with Crippen molar-refractivity contribution in [1.82, 2.24) is 9.97 Å². The Kier molecular flexibility index (Phi) is 6.73. The molecule has 2 bridgehead atoms. The summed E-state index contributed by atoms with van der Waals surface area (Å²) in [6.45, 7) is 0. The maximum atomic E-state index is 11.8. The van der Waals surface area contributed by atoms with E-state index in [0.717, 1.165) is 11.1 Å². The smallest absolute Gasteiger partial charge is 0.356 e. The molecule has 0 atom stereocenters. The maximum absolute atomic E-state index is 11.8. The summed E-state index contributed by atoms with van der Waals surface area (Å²) in [5.41, 5.74) is 11.1. The lowest BCUT2D eigenvalue weighted by Crippen LogP contribution is -2.27. The molecule has 5 aromatic rings. The number of esters is 2. The summed E-state index contributed by atoms with van der Waals surface area (Å²) >= 11 is 0. The van der Waals surface area contributed by atoms with Gasteiger partial charge in [-0.2, -0.15) is 0 Å². The zero-order chi connectivity index (χ0) is 30.2. The lowest BCUT2D eigenvalue weighted by molar-refractivity contribution is 0.0585. The van der Waals surface area contributed by atoms with E-state index in [1.807, 2.05) is 0 Å². The molecule has 0 radical (unpaired) electrons. The van der Waals surface area contributed by atoms with E-state index in [4.69, 9.17) is 9.47 Å². The summed E-state index contributed by atoms with van der Waals surface area (Å²) < 4.78 is 9.51. The fourth-order valence-corrected chi connectivity index (χ4v) is 6.08. The van der Waals surface area contributed by atoms with Gasteiger partial charge in [0.1, 0.15) is 11.4 Å². The number of hydrogen-bond acceptors (Lipinski definition) is 6. The van der Waals surface area contributed by atoms with E-state index in [9.17, 15) is 9.59 Å². The normalized spacial score (nSPS) is 14.9. The fraction of sp³-hybridized carbons (Fsp3) is 0.105. The number of ether oxygens (including phenoxy) is 2. The van der Waals surface area contributed by atoms with Gasteiger partial charge in [-0.1, -0.05) is 72.2 Å². The standard InChI is InChI=1S/C38H24N2O4/c1-43-37(41)33-17-13-23(21-39-33)11-15-25-19-31-32(20-26(25)16-12-24-14-18-34(40-22-24)38(42)44-2)36-29-9-5-3-7-27(29)35(31)28-8-4-6-10-30(28)36/h3-10,13-14,17-22,35-36H,1-2H3. The minimum Gasteiger partial charge on any atom is -0.464 e. The highest BCUT2D eigenvalue weighted by Crippen LogP contribution is 2.55. The Morgan fingerprint density at radius 2 is 0.932 bits per heavy atom. The van der Waals surface area contributed by atoms with E-state index in [1.165, 1.54) is 47.6 Å². The molecule has 0 saturated carbocycles. The quantitative estimate of drug-likeness (QED) is 0.192. The highest BCUT2D eigenvalue weighted by atomic mass is 16.5. The number of pyridine rings is 2. The van der Waals surface area contributed by atoms with E-state index in [0.29, 0.717) is 11.1 Å². The van der Waals surface area contributed by atoms with Crippen molar-refractivity contribution in [2.24, 2.45) is 0 Å². The highest BCUT2D eigenvalue weighted by Gasteiger charge is 2.41. The van der Waals surface area contributed by atoms with Crippen molar-refractivity contribution in [1.29, 1.82) is 0 Å². The van der Waals surface area contributed by atoms with Crippen LogP contribution in [0.2, 0.25) is 0 Å². The van der Waals surface area contributed by atoms with Gasteiger partial charge in [-0.15, -0.1) is 0 Å². The Morgan fingerprint density at radius 3 is 1.25 bits per heavy atom. The molecule has 3 aromatic carbocycles. The third-order valence-corrected chi connectivity index (χ3v) is 8.08. The Hall–Kier alpha value is -5.98. The van der Waals surface area contributed by atoms with Crippen LogP contribution in [-0.4, -0.2) is 36.1 Å². The number of rotatable bonds is 2. The second kappa shape index (κ2) is 11.0. The van der Waals surface area contributed by atoms with Crippen molar-refractivity contribution < 1.29 is 19.1 Å². The van der Waals surface area contributed by atoms with Crippen LogP contribution in [0.1, 0.15) is 88.4 Å². The van der Waals surface area contributed by atoms with Gasteiger partial charge < -0.3 is 9.47 Å². The van der Waals surface area contributed by atoms with Crippen LogP contribution in [0.25, 0.3) is 0 Å². The van der Waals surface area contributed by atoms with Crippen LogP contribution in [0.3, 0.4) is 0 Å². The molecule has 6 nitrogen and oxygen atoms in total. The van der Waals surface area contributed by atoms with Gasteiger partial charge in [0.15, 0.2) is 0 Å². The number of hydrogen-bond donors (Lipinski definition) is 0. The molecule has 2 heterocycles. The van der Waals surface area contributed by atoms with Crippen molar-refractivity contribution in [3.05, 3.63) is 164 Å². The minimum atomic E-state index is -0.499. The molecule has 44 heavy (non-hydrogen) atoms. The monoisotopic (exact) mass is 572 g/mol. The molecule has 0 aliphatic heterocycles. The maximum Gasteiger partial charge on any atom is 0.356 e. The van der Waals surface area contributed by atoms with Gasteiger partial charge in [0, 0.05) is 46.5 Å². The fourth-order valence-electron chi connectivity index (χ4n) is 6.08. The summed E-state index contributed by atoms with van der Waals surface area (Å²) in [7, 11) is 2.65. The van der Waals surface area contributed by atoms with Gasteiger partial charge in [0.05, 0.1) is 14.2 Å². The first-order chi connectivity index (χ1) is 21.6. The largest absolute Gasteiger partial charge is 0.464 e. The lowest BCUT2D eigenvalue weighted by atomic mass is 9.60. The summed E-state index contributed by atoms with van der Waals surface area (Å²) in [5, 5.41) is 0. The van der Waals surface area contributed by atoms with Crippen LogP contribution in [0.5, 0.6) is 0 Å². The molecule has 2 aromatic heterocycles. The second-order valence-corrected chi connectivity index (χ2v) is 10.5. The summed E-state index contributed by atoms with van der Waals surface area (Å²) in [6.07, 6.45) is 3.12. The molecule has 0 saturated heterocycles.